The molecular weight excluding hydrogens is 504 g/mol. The minimum Gasteiger partial charge on any atom is -0.379 e. The van der Waals surface area contributed by atoms with Crippen LogP contribution in [0.15, 0.2) is 97.1 Å². The fourth-order valence-corrected chi connectivity index (χ4v) is 6.13. The van der Waals surface area contributed by atoms with E-state index in [1.54, 1.807) is 0 Å². The molecule has 0 aliphatic carbocycles. The summed E-state index contributed by atoms with van der Waals surface area (Å²) < 4.78 is 5.68. The van der Waals surface area contributed by atoms with Crippen LogP contribution >= 0.6 is 11.8 Å². The van der Waals surface area contributed by atoms with Crippen LogP contribution in [0.2, 0.25) is 0 Å². The second kappa shape index (κ2) is 14.8. The monoisotopic (exact) mass is 542 g/mol. The van der Waals surface area contributed by atoms with Crippen LogP contribution < -0.4 is 5.32 Å². The quantitative estimate of drug-likeness (QED) is 0.313. The van der Waals surface area contributed by atoms with E-state index in [-0.39, 0.29) is 28.4 Å². The van der Waals surface area contributed by atoms with Crippen molar-refractivity contribution in [1.29, 1.82) is 0 Å². The number of nitrogens with one attached hydrogen (secondary N) is 1. The lowest BCUT2D eigenvalue weighted by atomic mass is 9.94. The number of hydrogen-bond acceptors (Lipinski definition) is 5. The number of ether oxygens (including phenoxy) is 1. The first-order chi connectivity index (χ1) is 19.0. The Balaban J connectivity index is 1.73. The summed E-state index contributed by atoms with van der Waals surface area (Å²) >= 11 is 1.33. The third-order valence-corrected chi connectivity index (χ3v) is 8.15. The van der Waals surface area contributed by atoms with Gasteiger partial charge in [0.25, 0.3) is 5.91 Å². The number of morpholine rings is 1. The molecule has 6 heteroatoms. The van der Waals surface area contributed by atoms with Crippen LogP contribution in [0.25, 0.3) is 6.08 Å². The van der Waals surface area contributed by atoms with E-state index in [0.717, 1.165) is 25.1 Å². The summed E-state index contributed by atoms with van der Waals surface area (Å²) in [4.78, 5) is 29.5. The molecule has 3 aromatic carbocycles. The minimum absolute atomic E-state index is 0.00897. The summed E-state index contributed by atoms with van der Waals surface area (Å²) in [5.41, 5.74) is 2.38. The number of rotatable bonds is 11. The van der Waals surface area contributed by atoms with E-state index in [1.807, 2.05) is 78.9 Å². The maximum absolute atomic E-state index is 13.6. The molecule has 3 atom stereocenters. The highest BCUT2D eigenvalue weighted by Crippen LogP contribution is 2.31. The fraction of sp³-hybridized carbons (Fsp3) is 0.333. The molecule has 39 heavy (non-hydrogen) atoms. The summed E-state index contributed by atoms with van der Waals surface area (Å²) in [7, 11) is 0. The molecule has 1 saturated heterocycles. The van der Waals surface area contributed by atoms with E-state index in [9.17, 15) is 9.59 Å². The van der Waals surface area contributed by atoms with Crippen molar-refractivity contribution in [3.05, 3.63) is 114 Å². The Labute approximate surface area is 236 Å². The van der Waals surface area contributed by atoms with Crippen LogP contribution in [0.4, 0.5) is 0 Å². The molecular formula is C33H38N2O3S. The number of benzene rings is 3. The summed E-state index contributed by atoms with van der Waals surface area (Å²) in [5, 5.41) is 3.13. The van der Waals surface area contributed by atoms with Gasteiger partial charge in [-0.3, -0.25) is 14.5 Å². The summed E-state index contributed by atoms with van der Waals surface area (Å²) in [6, 6.07) is 28.6. The van der Waals surface area contributed by atoms with E-state index in [2.05, 4.69) is 48.3 Å². The maximum Gasteiger partial charge on any atom is 0.251 e. The fourth-order valence-electron chi connectivity index (χ4n) is 4.87. The van der Waals surface area contributed by atoms with Gasteiger partial charge in [0.15, 0.2) is 0 Å². The smallest absolute Gasteiger partial charge is 0.251 e. The standard InChI is InChI=1S/C33H38N2O3S/c1-25(2)24-29(34-32(36)27-14-8-4-9-15-27)31(39-33(37)28-16-10-5-11-17-28)30(35-20-22-38-23-21-35)19-18-26-12-6-3-7-13-26/h3-19,25,29-31H,20-24H2,1-2H3,(H,34,36)/b19-18+. The van der Waals surface area contributed by atoms with E-state index in [4.69, 9.17) is 4.74 Å². The number of carbonyl (C=O) groups is 2. The van der Waals surface area contributed by atoms with Gasteiger partial charge in [0.05, 0.1) is 18.5 Å². The zero-order valence-corrected chi connectivity index (χ0v) is 23.6. The lowest BCUT2D eigenvalue weighted by Gasteiger charge is -2.40. The molecule has 5 nitrogen and oxygen atoms in total. The van der Waals surface area contributed by atoms with Crippen LogP contribution in [0.5, 0.6) is 0 Å². The molecule has 0 aromatic heterocycles. The van der Waals surface area contributed by atoms with Gasteiger partial charge in [-0.2, -0.15) is 0 Å². The molecule has 1 N–H and O–H groups in total. The first kappa shape index (κ1) is 28.8. The maximum atomic E-state index is 13.6. The summed E-state index contributed by atoms with van der Waals surface area (Å²) in [6.07, 6.45) is 5.09. The molecule has 204 valence electrons. The van der Waals surface area contributed by atoms with Crippen molar-refractivity contribution in [2.24, 2.45) is 5.92 Å². The summed E-state index contributed by atoms with van der Waals surface area (Å²) in [6.45, 7) is 7.14. The van der Waals surface area contributed by atoms with Crippen molar-refractivity contribution in [1.82, 2.24) is 10.2 Å². The SMILES string of the molecule is CC(C)CC(NC(=O)c1ccccc1)C(SC(=O)c1ccccc1)C(/C=C/c1ccccc1)N1CCOCC1. The van der Waals surface area contributed by atoms with E-state index in [0.29, 0.717) is 30.3 Å². The first-order valence-electron chi connectivity index (χ1n) is 13.7. The average molecular weight is 543 g/mol. The van der Waals surface area contributed by atoms with Gasteiger partial charge in [-0.15, -0.1) is 0 Å². The molecule has 3 aromatic rings. The number of carbonyl (C=O) groups excluding carboxylic acids is 2. The summed E-state index contributed by atoms with van der Waals surface area (Å²) in [5.74, 6) is 0.205. The van der Waals surface area contributed by atoms with E-state index >= 15 is 0 Å². The van der Waals surface area contributed by atoms with Crippen LogP contribution in [0.1, 0.15) is 46.5 Å². The predicted molar refractivity (Wildman–Crippen MR) is 161 cm³/mol. The van der Waals surface area contributed by atoms with Crippen molar-refractivity contribution in [2.75, 3.05) is 26.3 Å². The molecule has 1 aliphatic rings. The molecule has 1 heterocycles. The van der Waals surface area contributed by atoms with Gasteiger partial charge in [0, 0.05) is 36.3 Å². The Morgan fingerprint density at radius 1 is 0.872 bits per heavy atom. The number of hydrogen-bond donors (Lipinski definition) is 1. The van der Waals surface area contributed by atoms with Gasteiger partial charge in [0.1, 0.15) is 0 Å². The average Bonchev–Trinajstić information content (AvgIpc) is 2.98. The third kappa shape index (κ3) is 8.65. The van der Waals surface area contributed by atoms with Crippen LogP contribution in [-0.2, 0) is 4.74 Å². The Morgan fingerprint density at radius 3 is 2.03 bits per heavy atom. The lowest BCUT2D eigenvalue weighted by molar-refractivity contribution is 0.0233. The largest absolute Gasteiger partial charge is 0.379 e. The number of amides is 1. The Hall–Kier alpha value is -3.19. The minimum atomic E-state index is -0.233. The molecule has 0 radical (unpaired) electrons. The Kier molecular flexibility index (Phi) is 11.0. The molecule has 0 bridgehead atoms. The highest BCUT2D eigenvalue weighted by molar-refractivity contribution is 8.14. The molecule has 0 saturated carbocycles. The molecule has 3 unspecified atom stereocenters. The molecule has 1 aliphatic heterocycles. The number of nitrogens with zero attached hydrogens (tertiary/aromatic N) is 1. The van der Waals surface area contributed by atoms with Gasteiger partial charge in [0.2, 0.25) is 5.12 Å². The second-order valence-electron chi connectivity index (χ2n) is 10.2. The Morgan fingerprint density at radius 2 is 1.44 bits per heavy atom. The zero-order chi connectivity index (χ0) is 27.5. The van der Waals surface area contributed by atoms with Gasteiger partial charge in [-0.25, -0.2) is 0 Å². The van der Waals surface area contributed by atoms with Crippen molar-refractivity contribution in [2.45, 2.75) is 37.6 Å². The van der Waals surface area contributed by atoms with Crippen LogP contribution in [0, 0.1) is 5.92 Å². The topological polar surface area (TPSA) is 58.6 Å². The molecule has 0 spiro atoms. The number of thioether (sulfide) groups is 1. The Bertz CT molecular complexity index is 1200. The molecule has 1 fully saturated rings. The van der Waals surface area contributed by atoms with Gasteiger partial charge in [-0.1, -0.05) is 117 Å². The van der Waals surface area contributed by atoms with Gasteiger partial charge < -0.3 is 10.1 Å². The van der Waals surface area contributed by atoms with Crippen LogP contribution in [-0.4, -0.2) is 59.6 Å². The predicted octanol–water partition coefficient (Wildman–Crippen LogP) is 6.19. The van der Waals surface area contributed by atoms with Crippen molar-refractivity contribution >= 4 is 28.9 Å². The zero-order valence-electron chi connectivity index (χ0n) is 22.7. The normalized spacial score (nSPS) is 16.6. The van der Waals surface area contributed by atoms with Crippen LogP contribution in [0.3, 0.4) is 0 Å². The van der Waals surface area contributed by atoms with Gasteiger partial charge in [-0.05, 0) is 30.0 Å². The van der Waals surface area contributed by atoms with Crippen molar-refractivity contribution in [3.63, 3.8) is 0 Å². The van der Waals surface area contributed by atoms with Crippen molar-refractivity contribution < 1.29 is 14.3 Å². The molecule has 1 amide bonds. The lowest BCUT2D eigenvalue weighted by Crippen LogP contribution is -2.55. The highest BCUT2D eigenvalue weighted by Gasteiger charge is 2.36. The third-order valence-electron chi connectivity index (χ3n) is 6.82. The van der Waals surface area contributed by atoms with E-state index in [1.165, 1.54) is 11.8 Å². The molecule has 4 rings (SSSR count). The first-order valence-corrected chi connectivity index (χ1v) is 14.6. The van der Waals surface area contributed by atoms with E-state index < -0.39 is 0 Å². The van der Waals surface area contributed by atoms with Gasteiger partial charge >= 0.3 is 0 Å². The highest BCUT2D eigenvalue weighted by atomic mass is 32.2. The second-order valence-corrected chi connectivity index (χ2v) is 11.4. The van der Waals surface area contributed by atoms with Crippen molar-refractivity contribution in [3.8, 4) is 0 Å².